The first-order valence-electron chi connectivity index (χ1n) is 9.55. The molecule has 2 N–H and O–H groups in total. The van der Waals surface area contributed by atoms with E-state index in [2.05, 4.69) is 20.4 Å². The number of rotatable bonds is 6. The van der Waals surface area contributed by atoms with Gasteiger partial charge in [0, 0.05) is 17.3 Å². The zero-order chi connectivity index (χ0) is 21.8. The van der Waals surface area contributed by atoms with E-state index < -0.39 is 0 Å². The molecule has 4 rings (SSSR count). The Kier molecular flexibility index (Phi) is 5.72. The number of hydrogen-bond donors (Lipinski definition) is 2. The van der Waals surface area contributed by atoms with Crippen LogP contribution in [0.4, 0.5) is 5.69 Å². The van der Waals surface area contributed by atoms with Crippen LogP contribution in [0.3, 0.4) is 0 Å². The number of methoxy groups -OCH3 is 1. The summed E-state index contributed by atoms with van der Waals surface area (Å²) in [7, 11) is 1.48. The Hall–Kier alpha value is -4.04. The van der Waals surface area contributed by atoms with E-state index in [1.807, 2.05) is 36.4 Å². The standard InChI is InChI=1S/C23H20N4O4/c1-14-20(21(27-31-14)15-6-4-3-5-7-15)22(29)25-19-11-10-18(26-23(19)30-2)16-8-9-17(13-28)24-12-16/h3-12,28H,13H2,1-2H3,(H,25,29). The van der Waals surface area contributed by atoms with Crippen molar-refractivity contribution in [2.24, 2.45) is 0 Å². The van der Waals surface area contributed by atoms with Crippen molar-refractivity contribution in [1.82, 2.24) is 15.1 Å². The Morgan fingerprint density at radius 3 is 2.58 bits per heavy atom. The Labute approximate surface area is 178 Å². The Balaban J connectivity index is 1.63. The summed E-state index contributed by atoms with van der Waals surface area (Å²) in [6.45, 7) is 1.56. The summed E-state index contributed by atoms with van der Waals surface area (Å²) in [6.07, 6.45) is 1.62. The van der Waals surface area contributed by atoms with E-state index in [1.165, 1.54) is 7.11 Å². The SMILES string of the molecule is COc1nc(-c2ccc(CO)nc2)ccc1NC(=O)c1c(-c2ccccc2)noc1C. The Morgan fingerprint density at radius 2 is 1.90 bits per heavy atom. The zero-order valence-corrected chi connectivity index (χ0v) is 17.0. The number of carbonyl (C=O) groups excluding carboxylic acids is 1. The molecule has 0 unspecified atom stereocenters. The number of pyridine rings is 2. The van der Waals surface area contributed by atoms with E-state index in [0.29, 0.717) is 34.1 Å². The molecule has 0 saturated carbocycles. The van der Waals surface area contributed by atoms with Gasteiger partial charge in [0.1, 0.15) is 22.7 Å². The fraction of sp³-hybridized carbons (Fsp3) is 0.130. The topological polar surface area (TPSA) is 110 Å². The van der Waals surface area contributed by atoms with E-state index in [9.17, 15) is 4.79 Å². The minimum Gasteiger partial charge on any atom is -0.479 e. The summed E-state index contributed by atoms with van der Waals surface area (Å²) in [5.41, 5.74) is 3.96. The molecule has 1 amide bonds. The average molecular weight is 416 g/mol. The van der Waals surface area contributed by atoms with Crippen LogP contribution in [0.15, 0.2) is 65.3 Å². The second-order valence-electron chi connectivity index (χ2n) is 6.73. The van der Waals surface area contributed by atoms with Crippen molar-refractivity contribution < 1.29 is 19.2 Å². The lowest BCUT2D eigenvalue weighted by molar-refractivity contribution is 0.102. The van der Waals surface area contributed by atoms with E-state index in [4.69, 9.17) is 14.4 Å². The maximum Gasteiger partial charge on any atom is 0.261 e. The van der Waals surface area contributed by atoms with Crippen LogP contribution in [0, 0.1) is 6.92 Å². The van der Waals surface area contributed by atoms with Gasteiger partial charge < -0.3 is 19.7 Å². The van der Waals surface area contributed by atoms with Crippen LogP contribution in [0.25, 0.3) is 22.5 Å². The molecule has 8 heteroatoms. The summed E-state index contributed by atoms with van der Waals surface area (Å²) in [5, 5.41) is 16.0. The van der Waals surface area contributed by atoms with Gasteiger partial charge in [0.25, 0.3) is 5.91 Å². The highest BCUT2D eigenvalue weighted by Crippen LogP contribution is 2.30. The highest BCUT2D eigenvalue weighted by atomic mass is 16.5. The summed E-state index contributed by atoms with van der Waals surface area (Å²) in [5.74, 6) is 0.293. The van der Waals surface area contributed by atoms with Crippen LogP contribution in [-0.4, -0.2) is 33.2 Å². The van der Waals surface area contributed by atoms with Crippen LogP contribution in [0.5, 0.6) is 5.88 Å². The lowest BCUT2D eigenvalue weighted by atomic mass is 10.1. The number of aryl methyl sites for hydroxylation is 1. The number of carbonyl (C=O) groups is 1. The second-order valence-corrected chi connectivity index (χ2v) is 6.73. The van der Waals surface area contributed by atoms with Crippen LogP contribution in [0.1, 0.15) is 21.8 Å². The van der Waals surface area contributed by atoms with Crippen molar-refractivity contribution in [3.05, 3.63) is 77.8 Å². The molecule has 1 aromatic carbocycles. The number of aliphatic hydroxyl groups is 1. The van der Waals surface area contributed by atoms with Crippen LogP contribution in [-0.2, 0) is 6.61 Å². The lowest BCUT2D eigenvalue weighted by Crippen LogP contribution is -2.14. The maximum atomic E-state index is 13.1. The zero-order valence-electron chi connectivity index (χ0n) is 17.0. The molecule has 156 valence electrons. The van der Waals surface area contributed by atoms with Crippen molar-refractivity contribution in [1.29, 1.82) is 0 Å². The van der Waals surface area contributed by atoms with Crippen LogP contribution < -0.4 is 10.1 Å². The Morgan fingerprint density at radius 1 is 1.10 bits per heavy atom. The van der Waals surface area contributed by atoms with Crippen molar-refractivity contribution >= 4 is 11.6 Å². The van der Waals surface area contributed by atoms with E-state index in [0.717, 1.165) is 11.1 Å². The number of aliphatic hydroxyl groups excluding tert-OH is 1. The minimum atomic E-state index is -0.376. The summed E-state index contributed by atoms with van der Waals surface area (Å²) < 4.78 is 10.7. The maximum absolute atomic E-state index is 13.1. The van der Waals surface area contributed by atoms with Crippen molar-refractivity contribution in [2.75, 3.05) is 12.4 Å². The van der Waals surface area contributed by atoms with Gasteiger partial charge in [-0.25, -0.2) is 4.98 Å². The monoisotopic (exact) mass is 416 g/mol. The summed E-state index contributed by atoms with van der Waals surface area (Å²) in [6, 6.07) is 16.4. The van der Waals surface area contributed by atoms with Gasteiger partial charge >= 0.3 is 0 Å². The van der Waals surface area contributed by atoms with Gasteiger partial charge in [-0.3, -0.25) is 9.78 Å². The molecule has 0 aliphatic carbocycles. The predicted molar refractivity (Wildman–Crippen MR) is 115 cm³/mol. The molecule has 4 aromatic rings. The normalized spacial score (nSPS) is 10.7. The van der Waals surface area contributed by atoms with Crippen molar-refractivity contribution in [3.63, 3.8) is 0 Å². The molecular weight excluding hydrogens is 396 g/mol. The third-order valence-electron chi connectivity index (χ3n) is 4.72. The highest BCUT2D eigenvalue weighted by molar-refractivity contribution is 6.09. The van der Waals surface area contributed by atoms with Gasteiger partial charge in [-0.15, -0.1) is 0 Å². The second kappa shape index (κ2) is 8.76. The molecule has 0 saturated heterocycles. The van der Waals surface area contributed by atoms with Gasteiger partial charge in [-0.2, -0.15) is 0 Å². The van der Waals surface area contributed by atoms with Crippen LogP contribution in [0.2, 0.25) is 0 Å². The van der Waals surface area contributed by atoms with Crippen molar-refractivity contribution in [2.45, 2.75) is 13.5 Å². The number of hydrogen-bond acceptors (Lipinski definition) is 7. The largest absolute Gasteiger partial charge is 0.479 e. The molecule has 0 fully saturated rings. The summed E-state index contributed by atoms with van der Waals surface area (Å²) in [4.78, 5) is 21.7. The molecule has 0 radical (unpaired) electrons. The molecular formula is C23H20N4O4. The molecule has 0 atom stereocenters. The number of ether oxygens (including phenoxy) is 1. The molecule has 8 nitrogen and oxygen atoms in total. The molecule has 0 bridgehead atoms. The average Bonchev–Trinajstić information content (AvgIpc) is 3.21. The molecule has 0 spiro atoms. The number of benzene rings is 1. The van der Waals surface area contributed by atoms with Crippen LogP contribution >= 0.6 is 0 Å². The number of nitrogens with one attached hydrogen (secondary N) is 1. The van der Waals surface area contributed by atoms with E-state index in [1.54, 1.807) is 31.3 Å². The molecule has 3 heterocycles. The van der Waals surface area contributed by atoms with Gasteiger partial charge in [0.05, 0.1) is 25.1 Å². The Bertz CT molecular complexity index is 1200. The minimum absolute atomic E-state index is 0.130. The lowest BCUT2D eigenvalue weighted by Gasteiger charge is -2.11. The number of nitrogens with zero attached hydrogens (tertiary/aromatic N) is 3. The van der Waals surface area contributed by atoms with Gasteiger partial charge in [-0.05, 0) is 31.2 Å². The van der Waals surface area contributed by atoms with Crippen molar-refractivity contribution in [3.8, 4) is 28.4 Å². The van der Waals surface area contributed by atoms with E-state index >= 15 is 0 Å². The predicted octanol–water partition coefficient (Wildman–Crippen LogP) is 3.86. The molecule has 0 aliphatic rings. The van der Waals surface area contributed by atoms with E-state index in [-0.39, 0.29) is 18.4 Å². The van der Waals surface area contributed by atoms with Gasteiger partial charge in [-0.1, -0.05) is 35.5 Å². The van der Waals surface area contributed by atoms with Gasteiger partial charge in [0.15, 0.2) is 0 Å². The quantitative estimate of drug-likeness (QED) is 0.491. The first-order chi connectivity index (χ1) is 15.1. The third-order valence-corrected chi connectivity index (χ3v) is 4.72. The van der Waals surface area contributed by atoms with Gasteiger partial charge in [0.2, 0.25) is 5.88 Å². The first-order valence-corrected chi connectivity index (χ1v) is 9.55. The fourth-order valence-corrected chi connectivity index (χ4v) is 3.14. The molecule has 0 aliphatic heterocycles. The fourth-order valence-electron chi connectivity index (χ4n) is 3.14. The summed E-state index contributed by atoms with van der Waals surface area (Å²) >= 11 is 0. The first kappa shape index (κ1) is 20.2. The highest BCUT2D eigenvalue weighted by Gasteiger charge is 2.23. The third kappa shape index (κ3) is 4.15. The smallest absolute Gasteiger partial charge is 0.261 e. The molecule has 31 heavy (non-hydrogen) atoms. The number of aromatic nitrogens is 3. The molecule has 3 aromatic heterocycles. The number of amides is 1. The number of anilines is 1.